The molecular weight excluding hydrogens is 493 g/mol. The summed E-state index contributed by atoms with van der Waals surface area (Å²) < 4.78 is 46.8. The lowest BCUT2D eigenvalue weighted by Crippen LogP contribution is -2.58. The van der Waals surface area contributed by atoms with Crippen LogP contribution in [0.5, 0.6) is 0 Å². The van der Waals surface area contributed by atoms with Gasteiger partial charge in [0.2, 0.25) is 0 Å². The first-order valence-electron chi connectivity index (χ1n) is 11.8. The molecule has 202 valence electrons. The van der Waals surface area contributed by atoms with Crippen LogP contribution in [-0.4, -0.2) is 82.0 Å². The Balaban J connectivity index is 1.52. The van der Waals surface area contributed by atoms with Crippen molar-refractivity contribution in [3.63, 3.8) is 0 Å². The van der Waals surface area contributed by atoms with Crippen LogP contribution in [-0.2, 0) is 10.9 Å². The molecule has 0 aliphatic carbocycles. The Bertz CT molecular complexity index is 1110. The van der Waals surface area contributed by atoms with Gasteiger partial charge in [-0.2, -0.15) is 18.3 Å². The van der Waals surface area contributed by atoms with E-state index in [-0.39, 0.29) is 25.7 Å². The molecule has 1 aromatic heterocycles. The SMILES string of the molecule is CC1CN(C(=O)OC(C)(C)C)CCN1C(=O)NCCNC(=O)c1cn(-c2ccccc2)nc1C(F)(F)F. The molecule has 0 bridgehead atoms. The number of piperazine rings is 1. The molecule has 2 heterocycles. The third-order valence-electron chi connectivity index (χ3n) is 5.47. The molecule has 1 aliphatic heterocycles. The second kappa shape index (κ2) is 11.1. The van der Waals surface area contributed by atoms with Crippen LogP contribution in [0.15, 0.2) is 36.5 Å². The molecule has 1 saturated heterocycles. The minimum absolute atomic E-state index is 0.00224. The van der Waals surface area contributed by atoms with Crippen molar-refractivity contribution in [2.45, 2.75) is 45.5 Å². The Morgan fingerprint density at radius 2 is 1.70 bits per heavy atom. The van der Waals surface area contributed by atoms with Crippen LogP contribution in [0, 0.1) is 0 Å². The zero-order valence-corrected chi connectivity index (χ0v) is 21.1. The minimum Gasteiger partial charge on any atom is -0.444 e. The molecule has 0 radical (unpaired) electrons. The monoisotopic (exact) mass is 524 g/mol. The minimum atomic E-state index is -4.82. The molecule has 1 fully saturated rings. The quantitative estimate of drug-likeness (QED) is 0.584. The summed E-state index contributed by atoms with van der Waals surface area (Å²) in [7, 11) is 0. The first-order chi connectivity index (χ1) is 17.3. The van der Waals surface area contributed by atoms with E-state index in [2.05, 4.69) is 15.7 Å². The Kier molecular flexibility index (Phi) is 8.34. The lowest BCUT2D eigenvalue weighted by atomic mass is 10.2. The summed E-state index contributed by atoms with van der Waals surface area (Å²) >= 11 is 0. The predicted octanol–water partition coefficient (Wildman–Crippen LogP) is 3.27. The molecule has 3 rings (SSSR count). The van der Waals surface area contributed by atoms with Crippen LogP contribution in [0.2, 0.25) is 0 Å². The van der Waals surface area contributed by atoms with Gasteiger partial charge in [0.1, 0.15) is 5.60 Å². The van der Waals surface area contributed by atoms with E-state index in [1.165, 1.54) is 4.90 Å². The molecule has 4 amide bonds. The van der Waals surface area contributed by atoms with Gasteiger partial charge in [0.25, 0.3) is 5.91 Å². The number of ether oxygens (including phenoxy) is 1. The molecule has 2 aromatic rings. The van der Waals surface area contributed by atoms with Gasteiger partial charge < -0.3 is 25.2 Å². The summed E-state index contributed by atoms with van der Waals surface area (Å²) in [4.78, 5) is 40.4. The molecule has 0 saturated carbocycles. The van der Waals surface area contributed by atoms with Crippen LogP contribution in [0.1, 0.15) is 43.7 Å². The number of hydrogen-bond donors (Lipinski definition) is 2. The van der Waals surface area contributed by atoms with Gasteiger partial charge in [-0.15, -0.1) is 0 Å². The van der Waals surface area contributed by atoms with Crippen molar-refractivity contribution >= 4 is 18.0 Å². The average Bonchev–Trinajstić information content (AvgIpc) is 3.27. The number of rotatable bonds is 5. The molecule has 2 N–H and O–H groups in total. The third-order valence-corrected chi connectivity index (χ3v) is 5.47. The fourth-order valence-electron chi connectivity index (χ4n) is 3.76. The molecule has 10 nitrogen and oxygen atoms in total. The van der Waals surface area contributed by atoms with Crippen LogP contribution >= 0.6 is 0 Å². The van der Waals surface area contributed by atoms with E-state index in [9.17, 15) is 27.6 Å². The lowest BCUT2D eigenvalue weighted by Gasteiger charge is -2.40. The molecule has 37 heavy (non-hydrogen) atoms. The van der Waals surface area contributed by atoms with Crippen molar-refractivity contribution in [2.24, 2.45) is 0 Å². The van der Waals surface area contributed by atoms with Gasteiger partial charge in [-0.1, -0.05) is 18.2 Å². The van der Waals surface area contributed by atoms with E-state index in [0.29, 0.717) is 18.8 Å². The van der Waals surface area contributed by atoms with Crippen molar-refractivity contribution in [2.75, 3.05) is 32.7 Å². The summed E-state index contributed by atoms with van der Waals surface area (Å²) in [5.74, 6) is -0.955. The number of nitrogens with zero attached hydrogens (tertiary/aromatic N) is 4. The van der Waals surface area contributed by atoms with E-state index in [1.54, 1.807) is 62.9 Å². The van der Waals surface area contributed by atoms with Crippen molar-refractivity contribution < 1.29 is 32.3 Å². The fourth-order valence-corrected chi connectivity index (χ4v) is 3.76. The molecule has 1 atom stereocenters. The molecular formula is C24H31F3N6O4. The zero-order chi connectivity index (χ0) is 27.4. The van der Waals surface area contributed by atoms with Gasteiger partial charge >= 0.3 is 18.3 Å². The number of hydrogen-bond acceptors (Lipinski definition) is 5. The van der Waals surface area contributed by atoms with Crippen LogP contribution in [0.4, 0.5) is 22.8 Å². The maximum atomic E-state index is 13.5. The predicted molar refractivity (Wildman–Crippen MR) is 128 cm³/mol. The van der Waals surface area contributed by atoms with E-state index in [0.717, 1.165) is 10.9 Å². The topological polar surface area (TPSA) is 109 Å². The van der Waals surface area contributed by atoms with Crippen LogP contribution < -0.4 is 10.6 Å². The highest BCUT2D eigenvalue weighted by Gasteiger charge is 2.39. The molecule has 0 spiro atoms. The highest BCUT2D eigenvalue weighted by molar-refractivity contribution is 5.95. The summed E-state index contributed by atoms with van der Waals surface area (Å²) in [6, 6.07) is 7.45. The van der Waals surface area contributed by atoms with Crippen molar-refractivity contribution in [1.29, 1.82) is 0 Å². The van der Waals surface area contributed by atoms with Gasteiger partial charge in [-0.3, -0.25) is 4.79 Å². The highest BCUT2D eigenvalue weighted by Crippen LogP contribution is 2.31. The maximum absolute atomic E-state index is 13.5. The number of nitrogens with one attached hydrogen (secondary N) is 2. The smallest absolute Gasteiger partial charge is 0.435 e. The number of urea groups is 1. The number of para-hydroxylation sites is 1. The molecule has 1 aliphatic rings. The van der Waals surface area contributed by atoms with Gasteiger partial charge in [0, 0.05) is 45.0 Å². The van der Waals surface area contributed by atoms with Crippen molar-refractivity contribution in [1.82, 2.24) is 30.2 Å². The Labute approximate surface area is 212 Å². The standard InChI is InChI=1S/C24H31F3N6O4/c1-16-14-31(22(36)37-23(2,3)4)12-13-32(16)21(35)29-11-10-28-20(34)18-15-33(17-8-6-5-7-9-17)30-19(18)24(25,26)27/h5-9,15-16H,10-14H2,1-4H3,(H,28,34)(H,29,35). The Morgan fingerprint density at radius 1 is 1.05 bits per heavy atom. The molecule has 13 heteroatoms. The summed E-state index contributed by atoms with van der Waals surface area (Å²) in [6.07, 6.45) is -4.24. The van der Waals surface area contributed by atoms with Gasteiger partial charge in [-0.25, -0.2) is 14.3 Å². The number of amides is 4. The maximum Gasteiger partial charge on any atom is 0.435 e. The van der Waals surface area contributed by atoms with Crippen molar-refractivity contribution in [3.05, 3.63) is 47.8 Å². The zero-order valence-electron chi connectivity index (χ0n) is 21.1. The summed E-state index contributed by atoms with van der Waals surface area (Å²) in [5.41, 5.74) is -2.16. The number of benzene rings is 1. The largest absolute Gasteiger partial charge is 0.444 e. The number of alkyl halides is 3. The lowest BCUT2D eigenvalue weighted by molar-refractivity contribution is -0.141. The van der Waals surface area contributed by atoms with Gasteiger partial charge in [0.15, 0.2) is 5.69 Å². The first-order valence-corrected chi connectivity index (χ1v) is 11.8. The number of aromatic nitrogens is 2. The fraction of sp³-hybridized carbons (Fsp3) is 0.500. The first kappa shape index (κ1) is 27.8. The van der Waals surface area contributed by atoms with E-state index in [1.807, 2.05) is 0 Å². The third kappa shape index (κ3) is 7.37. The second-order valence-corrected chi connectivity index (χ2v) is 9.63. The van der Waals surface area contributed by atoms with E-state index >= 15 is 0 Å². The molecule has 1 unspecified atom stereocenters. The molecule has 1 aromatic carbocycles. The van der Waals surface area contributed by atoms with E-state index < -0.39 is 41.1 Å². The van der Waals surface area contributed by atoms with Crippen LogP contribution in [0.25, 0.3) is 5.69 Å². The second-order valence-electron chi connectivity index (χ2n) is 9.63. The number of carbonyl (C=O) groups is 3. The number of halogens is 3. The van der Waals surface area contributed by atoms with E-state index in [4.69, 9.17) is 4.74 Å². The van der Waals surface area contributed by atoms with Gasteiger partial charge in [0.05, 0.1) is 11.3 Å². The van der Waals surface area contributed by atoms with Crippen LogP contribution in [0.3, 0.4) is 0 Å². The average molecular weight is 525 g/mol. The van der Waals surface area contributed by atoms with Gasteiger partial charge in [-0.05, 0) is 39.8 Å². The normalized spacial score (nSPS) is 16.4. The highest BCUT2D eigenvalue weighted by atomic mass is 19.4. The summed E-state index contributed by atoms with van der Waals surface area (Å²) in [6.45, 7) is 7.90. The van der Waals surface area contributed by atoms with Crippen molar-refractivity contribution in [3.8, 4) is 5.69 Å². The Hall–Kier alpha value is -3.77. The number of carbonyl (C=O) groups excluding carboxylic acids is 3. The Morgan fingerprint density at radius 3 is 2.30 bits per heavy atom. The summed E-state index contributed by atoms with van der Waals surface area (Å²) in [5, 5.41) is 8.59.